The number of anilines is 2. The number of halogens is 2. The summed E-state index contributed by atoms with van der Waals surface area (Å²) in [5.74, 6) is -0.0855. The largest absolute Gasteiger partial charge is 0.486 e. The SMILES string of the molecule is CC(C)(C)OC(=O)N1CCC(Oc2ccc(C3=C(F)C=NC(Nc4ccc(N5CCN(C6COC6)CC5)cc4)=C=C3)cc2C#N)C(F)C1. The summed E-state index contributed by atoms with van der Waals surface area (Å²) in [5.41, 5.74) is 5.00. The summed E-state index contributed by atoms with van der Waals surface area (Å²) in [5, 5.41) is 13.0. The van der Waals surface area contributed by atoms with Gasteiger partial charge in [0.1, 0.15) is 29.4 Å². The molecule has 0 aliphatic carbocycles. The molecule has 1 amide bonds. The highest BCUT2D eigenvalue weighted by Gasteiger charge is 2.35. The number of carbonyl (C=O) groups is 1. The number of nitrogens with zero attached hydrogens (tertiary/aromatic N) is 5. The van der Waals surface area contributed by atoms with E-state index >= 15 is 8.78 Å². The maximum Gasteiger partial charge on any atom is 0.410 e. The molecule has 0 spiro atoms. The van der Waals surface area contributed by atoms with Crippen LogP contribution in [0.3, 0.4) is 0 Å². The van der Waals surface area contributed by atoms with Gasteiger partial charge >= 0.3 is 6.09 Å². The second-order valence-corrected chi connectivity index (χ2v) is 13.3. The first kappa shape index (κ1) is 33.2. The fourth-order valence-electron chi connectivity index (χ4n) is 5.96. The molecule has 2 aromatic rings. The molecule has 2 atom stereocenters. The van der Waals surface area contributed by atoms with Crippen molar-refractivity contribution in [2.24, 2.45) is 4.99 Å². The molecule has 2 unspecified atom stereocenters. The normalized spacial score (nSPS) is 22.0. The molecule has 3 fully saturated rings. The number of nitriles is 1. The Kier molecular flexibility index (Phi) is 9.83. The number of piperazine rings is 1. The number of nitrogens with one attached hydrogen (secondary N) is 1. The van der Waals surface area contributed by atoms with E-state index in [1.807, 2.05) is 12.1 Å². The molecule has 0 saturated carbocycles. The third kappa shape index (κ3) is 7.88. The Bertz CT molecular complexity index is 1680. The number of ether oxygens (including phenoxy) is 3. The van der Waals surface area contributed by atoms with Crippen molar-refractivity contribution in [2.75, 3.05) is 62.7 Å². The van der Waals surface area contributed by atoms with E-state index in [1.54, 1.807) is 26.8 Å². The summed E-state index contributed by atoms with van der Waals surface area (Å²) in [7, 11) is 0. The van der Waals surface area contributed by atoms with Gasteiger partial charge in [0, 0.05) is 56.1 Å². The second kappa shape index (κ2) is 14.2. The van der Waals surface area contributed by atoms with E-state index < -0.39 is 29.8 Å². The summed E-state index contributed by atoms with van der Waals surface area (Å²) in [4.78, 5) is 22.8. The molecule has 1 N–H and O–H groups in total. The second-order valence-electron chi connectivity index (χ2n) is 13.3. The van der Waals surface area contributed by atoms with Crippen molar-refractivity contribution < 1.29 is 27.8 Å². The number of allylic oxidation sites excluding steroid dienone is 3. The predicted molar refractivity (Wildman–Crippen MR) is 179 cm³/mol. The van der Waals surface area contributed by atoms with Crippen LogP contribution in [0.2, 0.25) is 0 Å². The molecule has 3 saturated heterocycles. The summed E-state index contributed by atoms with van der Waals surface area (Å²) in [6.45, 7) is 10.9. The standard InChI is InChI=1S/C36H40F2N6O4/c1-36(2,3)48-35(45)44-13-12-33(31(38)21-44)47-32-10-4-24(18-25(32)19-39)29-9-11-34(40-20-30(29)37)41-26-5-7-27(8-6-26)42-14-16-43(17-15-42)28-22-46-23-28/h4-10,18,20,28,31,33,41H,12-17,21-23H2,1-3H3. The van der Waals surface area contributed by atoms with Crippen LogP contribution in [0.1, 0.15) is 38.3 Å². The van der Waals surface area contributed by atoms with Crippen molar-refractivity contribution >= 4 is 29.3 Å². The van der Waals surface area contributed by atoms with E-state index in [1.165, 1.54) is 23.1 Å². The van der Waals surface area contributed by atoms with Gasteiger partial charge in [-0.15, -0.1) is 0 Å². The predicted octanol–water partition coefficient (Wildman–Crippen LogP) is 5.68. The zero-order chi connectivity index (χ0) is 33.8. The van der Waals surface area contributed by atoms with Crippen molar-refractivity contribution in [3.63, 3.8) is 0 Å². The van der Waals surface area contributed by atoms with Crippen LogP contribution in [0.4, 0.5) is 25.0 Å². The van der Waals surface area contributed by atoms with Crippen LogP contribution in [0.15, 0.2) is 70.9 Å². The quantitative estimate of drug-likeness (QED) is 0.380. The van der Waals surface area contributed by atoms with Crippen LogP contribution in [0, 0.1) is 11.3 Å². The number of amides is 1. The van der Waals surface area contributed by atoms with Crippen molar-refractivity contribution in [2.45, 2.75) is 51.1 Å². The minimum absolute atomic E-state index is 0.130. The molecule has 10 nitrogen and oxygen atoms in total. The Balaban J connectivity index is 1.07. The van der Waals surface area contributed by atoms with E-state index in [0.717, 1.165) is 57.0 Å². The van der Waals surface area contributed by atoms with Gasteiger partial charge in [-0.2, -0.15) is 5.26 Å². The lowest BCUT2D eigenvalue weighted by Crippen LogP contribution is -2.56. The molecule has 4 aliphatic rings. The zero-order valence-corrected chi connectivity index (χ0v) is 27.4. The van der Waals surface area contributed by atoms with Gasteiger partial charge in [-0.05, 0) is 68.8 Å². The lowest BCUT2D eigenvalue weighted by atomic mass is 10.0. The summed E-state index contributed by atoms with van der Waals surface area (Å²) in [6.07, 6.45) is -0.0979. The first-order valence-corrected chi connectivity index (χ1v) is 16.2. The van der Waals surface area contributed by atoms with Crippen LogP contribution < -0.4 is 15.0 Å². The average molecular weight is 659 g/mol. The highest BCUT2D eigenvalue weighted by atomic mass is 19.1. The fraction of sp³-hybridized carbons (Fsp3) is 0.444. The number of rotatable bonds is 7. The van der Waals surface area contributed by atoms with Crippen molar-refractivity contribution in [3.05, 3.63) is 77.0 Å². The lowest BCUT2D eigenvalue weighted by Gasteiger charge is -2.43. The van der Waals surface area contributed by atoms with Gasteiger partial charge < -0.3 is 29.3 Å². The average Bonchev–Trinajstić information content (AvgIpc) is 3.22. The first-order valence-electron chi connectivity index (χ1n) is 16.2. The Morgan fingerprint density at radius 1 is 1.10 bits per heavy atom. The maximum absolute atomic E-state index is 15.2. The smallest absolute Gasteiger partial charge is 0.410 e. The number of hydrogen-bond acceptors (Lipinski definition) is 9. The molecule has 252 valence electrons. The highest BCUT2D eigenvalue weighted by molar-refractivity contribution is 5.93. The molecular weight excluding hydrogens is 618 g/mol. The number of piperidine rings is 1. The molecule has 0 aromatic heterocycles. The van der Waals surface area contributed by atoms with E-state index in [9.17, 15) is 10.1 Å². The number of hydrogen-bond donors (Lipinski definition) is 1. The summed E-state index contributed by atoms with van der Waals surface area (Å²) in [6, 6.07) is 15.3. The number of likely N-dealkylation sites (tertiary alicyclic amines) is 1. The minimum Gasteiger partial charge on any atom is -0.486 e. The molecule has 4 heterocycles. The van der Waals surface area contributed by atoms with Crippen LogP contribution in [0.25, 0.3) is 5.57 Å². The molecule has 0 bridgehead atoms. The van der Waals surface area contributed by atoms with E-state index in [2.05, 4.69) is 44.0 Å². The Morgan fingerprint density at radius 2 is 1.85 bits per heavy atom. The molecular formula is C36H40F2N6O4. The topological polar surface area (TPSA) is 103 Å². The van der Waals surface area contributed by atoms with Crippen molar-refractivity contribution in [1.29, 1.82) is 5.26 Å². The number of benzene rings is 2. The summed E-state index contributed by atoms with van der Waals surface area (Å²) >= 11 is 0. The van der Waals surface area contributed by atoms with Crippen LogP contribution in [-0.4, -0.2) is 98.5 Å². The van der Waals surface area contributed by atoms with Crippen LogP contribution >= 0.6 is 0 Å². The Morgan fingerprint density at radius 3 is 2.50 bits per heavy atom. The van der Waals surface area contributed by atoms with Gasteiger partial charge in [0.05, 0.1) is 37.6 Å². The third-order valence-electron chi connectivity index (χ3n) is 8.69. The highest BCUT2D eigenvalue weighted by Crippen LogP contribution is 2.31. The number of alkyl halides is 1. The Hall–Kier alpha value is -4.69. The maximum atomic E-state index is 15.2. The van der Waals surface area contributed by atoms with Gasteiger partial charge in [-0.1, -0.05) is 11.8 Å². The monoisotopic (exact) mass is 658 g/mol. The fourth-order valence-corrected chi connectivity index (χ4v) is 5.96. The molecule has 4 aliphatic heterocycles. The minimum atomic E-state index is -1.48. The van der Waals surface area contributed by atoms with E-state index in [0.29, 0.717) is 17.4 Å². The van der Waals surface area contributed by atoms with Gasteiger partial charge in [-0.3, -0.25) is 4.90 Å². The van der Waals surface area contributed by atoms with Gasteiger partial charge in [-0.25, -0.2) is 18.6 Å². The van der Waals surface area contributed by atoms with Crippen molar-refractivity contribution in [1.82, 2.24) is 9.80 Å². The number of carbonyl (C=O) groups excluding carboxylic acids is 1. The molecule has 2 aromatic carbocycles. The van der Waals surface area contributed by atoms with E-state index in [-0.39, 0.29) is 36.4 Å². The lowest BCUT2D eigenvalue weighted by molar-refractivity contribution is -0.0660. The van der Waals surface area contributed by atoms with Gasteiger partial charge in [0.2, 0.25) is 0 Å². The molecule has 6 rings (SSSR count). The molecule has 48 heavy (non-hydrogen) atoms. The molecule has 12 heteroatoms. The third-order valence-corrected chi connectivity index (χ3v) is 8.69. The zero-order valence-electron chi connectivity index (χ0n) is 27.4. The van der Waals surface area contributed by atoms with Gasteiger partial charge in [0.25, 0.3) is 0 Å². The summed E-state index contributed by atoms with van der Waals surface area (Å²) < 4.78 is 46.9. The van der Waals surface area contributed by atoms with Crippen LogP contribution in [-0.2, 0) is 9.47 Å². The first-order chi connectivity index (χ1) is 23.1. The van der Waals surface area contributed by atoms with Crippen molar-refractivity contribution in [3.8, 4) is 11.8 Å². The number of aliphatic imine (C=N–C) groups is 1. The molecule has 0 radical (unpaired) electrons. The Labute approximate surface area is 279 Å². The van der Waals surface area contributed by atoms with Gasteiger partial charge in [0.15, 0.2) is 12.0 Å². The van der Waals surface area contributed by atoms with E-state index in [4.69, 9.17) is 14.2 Å². The van der Waals surface area contributed by atoms with Crippen LogP contribution in [0.5, 0.6) is 5.75 Å².